The van der Waals surface area contributed by atoms with Gasteiger partial charge in [0.05, 0.1) is 0 Å². The van der Waals surface area contributed by atoms with Crippen molar-refractivity contribution in [3.05, 3.63) is 12.7 Å². The minimum Gasteiger partial charge on any atom is -0.315 e. The lowest BCUT2D eigenvalue weighted by molar-refractivity contribution is 0.529. The predicted molar refractivity (Wildman–Crippen MR) is 47.1 cm³/mol. The lowest BCUT2D eigenvalue weighted by atomic mass is 10.1. The van der Waals surface area contributed by atoms with Crippen molar-refractivity contribution >= 4 is 0 Å². The SMILES string of the molecule is C=CC(C)CCNC(C)C. The summed E-state index contributed by atoms with van der Waals surface area (Å²) in [7, 11) is 0. The van der Waals surface area contributed by atoms with Crippen LogP contribution >= 0.6 is 0 Å². The smallest absolute Gasteiger partial charge is 0.00103 e. The molecule has 0 aromatic heterocycles. The maximum atomic E-state index is 3.73. The summed E-state index contributed by atoms with van der Waals surface area (Å²) < 4.78 is 0. The van der Waals surface area contributed by atoms with Crippen LogP contribution in [0.1, 0.15) is 27.2 Å². The fraction of sp³-hybridized carbons (Fsp3) is 0.778. The van der Waals surface area contributed by atoms with Crippen molar-refractivity contribution in [2.45, 2.75) is 33.2 Å². The zero-order valence-electron chi connectivity index (χ0n) is 7.35. The van der Waals surface area contributed by atoms with Gasteiger partial charge < -0.3 is 5.32 Å². The van der Waals surface area contributed by atoms with Gasteiger partial charge in [-0.3, -0.25) is 0 Å². The van der Waals surface area contributed by atoms with Crippen LogP contribution in [0.4, 0.5) is 0 Å². The molecule has 0 saturated heterocycles. The fourth-order valence-corrected chi connectivity index (χ4v) is 0.718. The number of hydrogen-bond acceptors (Lipinski definition) is 1. The topological polar surface area (TPSA) is 12.0 Å². The second-order valence-electron chi connectivity index (χ2n) is 3.11. The normalized spacial score (nSPS) is 13.6. The monoisotopic (exact) mass is 141 g/mol. The summed E-state index contributed by atoms with van der Waals surface area (Å²) in [5, 5.41) is 3.36. The van der Waals surface area contributed by atoms with E-state index in [2.05, 4.69) is 32.7 Å². The first kappa shape index (κ1) is 9.70. The van der Waals surface area contributed by atoms with Crippen molar-refractivity contribution in [2.24, 2.45) is 5.92 Å². The first-order chi connectivity index (χ1) is 4.66. The second-order valence-corrected chi connectivity index (χ2v) is 3.11. The molecule has 60 valence electrons. The van der Waals surface area contributed by atoms with Crippen LogP contribution in [0.2, 0.25) is 0 Å². The molecule has 1 heteroatoms. The molecule has 0 aliphatic carbocycles. The Hall–Kier alpha value is -0.300. The van der Waals surface area contributed by atoms with Crippen LogP contribution in [0.15, 0.2) is 12.7 Å². The maximum absolute atomic E-state index is 3.73. The third-order valence-corrected chi connectivity index (χ3v) is 1.55. The van der Waals surface area contributed by atoms with Crippen molar-refractivity contribution in [1.82, 2.24) is 5.32 Å². The Kier molecular flexibility index (Phi) is 5.32. The Morgan fingerprint density at radius 2 is 2.00 bits per heavy atom. The van der Waals surface area contributed by atoms with Gasteiger partial charge in [0, 0.05) is 6.04 Å². The Labute approximate surface area is 64.5 Å². The molecule has 0 heterocycles. The van der Waals surface area contributed by atoms with Crippen LogP contribution in [-0.4, -0.2) is 12.6 Å². The van der Waals surface area contributed by atoms with Gasteiger partial charge in [0.2, 0.25) is 0 Å². The van der Waals surface area contributed by atoms with Crippen LogP contribution in [0.3, 0.4) is 0 Å². The van der Waals surface area contributed by atoms with Crippen LogP contribution < -0.4 is 5.32 Å². The third kappa shape index (κ3) is 5.83. The molecule has 0 aromatic rings. The lowest BCUT2D eigenvalue weighted by Crippen LogP contribution is -2.24. The zero-order chi connectivity index (χ0) is 7.98. The van der Waals surface area contributed by atoms with Crippen molar-refractivity contribution in [2.75, 3.05) is 6.54 Å². The molecule has 1 N–H and O–H groups in total. The minimum absolute atomic E-state index is 0.608. The summed E-state index contributed by atoms with van der Waals surface area (Å²) in [6, 6.07) is 0.608. The highest BCUT2D eigenvalue weighted by molar-refractivity contribution is 4.75. The number of nitrogens with one attached hydrogen (secondary N) is 1. The number of rotatable bonds is 5. The number of hydrogen-bond donors (Lipinski definition) is 1. The van der Waals surface area contributed by atoms with E-state index >= 15 is 0 Å². The highest BCUT2D eigenvalue weighted by Crippen LogP contribution is 1.99. The molecule has 1 atom stereocenters. The molecule has 1 nitrogen and oxygen atoms in total. The lowest BCUT2D eigenvalue weighted by Gasteiger charge is -2.09. The molecule has 10 heavy (non-hydrogen) atoms. The highest BCUT2D eigenvalue weighted by atomic mass is 14.9. The van der Waals surface area contributed by atoms with Gasteiger partial charge in [0.15, 0.2) is 0 Å². The van der Waals surface area contributed by atoms with Crippen LogP contribution in [0.25, 0.3) is 0 Å². The van der Waals surface area contributed by atoms with Crippen molar-refractivity contribution in [1.29, 1.82) is 0 Å². The van der Waals surface area contributed by atoms with E-state index in [9.17, 15) is 0 Å². The Bertz CT molecular complexity index is 86.7. The molecular formula is C9H19N. The summed E-state index contributed by atoms with van der Waals surface area (Å²) in [6.45, 7) is 11.4. The first-order valence-corrected chi connectivity index (χ1v) is 4.02. The summed E-state index contributed by atoms with van der Waals surface area (Å²) in [5.41, 5.74) is 0. The average Bonchev–Trinajstić information content (AvgIpc) is 1.87. The molecule has 0 amide bonds. The van der Waals surface area contributed by atoms with E-state index in [1.165, 1.54) is 6.42 Å². The molecular weight excluding hydrogens is 122 g/mol. The van der Waals surface area contributed by atoms with E-state index < -0.39 is 0 Å². The van der Waals surface area contributed by atoms with Gasteiger partial charge in [-0.25, -0.2) is 0 Å². The van der Waals surface area contributed by atoms with Crippen molar-refractivity contribution < 1.29 is 0 Å². The van der Waals surface area contributed by atoms with E-state index in [0.717, 1.165) is 6.54 Å². The highest BCUT2D eigenvalue weighted by Gasteiger charge is 1.95. The predicted octanol–water partition coefficient (Wildman–Crippen LogP) is 2.20. The van der Waals surface area contributed by atoms with E-state index in [-0.39, 0.29) is 0 Å². The van der Waals surface area contributed by atoms with Gasteiger partial charge in [-0.1, -0.05) is 26.8 Å². The minimum atomic E-state index is 0.608. The molecule has 0 aliphatic rings. The van der Waals surface area contributed by atoms with Crippen molar-refractivity contribution in [3.63, 3.8) is 0 Å². The number of allylic oxidation sites excluding steroid dienone is 1. The van der Waals surface area contributed by atoms with E-state index in [0.29, 0.717) is 12.0 Å². The van der Waals surface area contributed by atoms with Gasteiger partial charge >= 0.3 is 0 Å². The summed E-state index contributed by atoms with van der Waals surface area (Å²) in [5.74, 6) is 0.645. The Morgan fingerprint density at radius 3 is 2.40 bits per heavy atom. The fourth-order valence-electron chi connectivity index (χ4n) is 0.718. The van der Waals surface area contributed by atoms with Gasteiger partial charge in [0.25, 0.3) is 0 Å². The van der Waals surface area contributed by atoms with Crippen LogP contribution in [0, 0.1) is 5.92 Å². The summed E-state index contributed by atoms with van der Waals surface area (Å²) in [4.78, 5) is 0. The molecule has 0 aliphatic heterocycles. The van der Waals surface area contributed by atoms with Gasteiger partial charge in [-0.2, -0.15) is 0 Å². The standard InChI is InChI=1S/C9H19N/c1-5-9(4)6-7-10-8(2)3/h5,8-10H,1,6-7H2,2-4H3. The summed E-state index contributed by atoms with van der Waals surface area (Å²) >= 11 is 0. The molecule has 1 unspecified atom stereocenters. The molecule has 0 rings (SSSR count). The first-order valence-electron chi connectivity index (χ1n) is 4.02. The largest absolute Gasteiger partial charge is 0.315 e. The third-order valence-electron chi connectivity index (χ3n) is 1.55. The maximum Gasteiger partial charge on any atom is 0.00103 e. The Balaban J connectivity index is 3.11. The quantitative estimate of drug-likeness (QED) is 0.579. The average molecular weight is 141 g/mol. The van der Waals surface area contributed by atoms with Gasteiger partial charge in [-0.05, 0) is 18.9 Å². The molecule has 0 bridgehead atoms. The van der Waals surface area contributed by atoms with E-state index in [1.54, 1.807) is 0 Å². The van der Waals surface area contributed by atoms with E-state index in [4.69, 9.17) is 0 Å². The van der Waals surface area contributed by atoms with E-state index in [1.807, 2.05) is 6.08 Å². The van der Waals surface area contributed by atoms with Crippen LogP contribution in [-0.2, 0) is 0 Å². The van der Waals surface area contributed by atoms with Gasteiger partial charge in [0.1, 0.15) is 0 Å². The molecule has 0 spiro atoms. The van der Waals surface area contributed by atoms with Crippen LogP contribution in [0.5, 0.6) is 0 Å². The summed E-state index contributed by atoms with van der Waals surface area (Å²) in [6.07, 6.45) is 3.20. The van der Waals surface area contributed by atoms with Gasteiger partial charge in [-0.15, -0.1) is 6.58 Å². The Morgan fingerprint density at radius 1 is 1.40 bits per heavy atom. The molecule has 0 radical (unpaired) electrons. The molecule has 0 saturated carbocycles. The molecule has 0 aromatic carbocycles. The zero-order valence-corrected chi connectivity index (χ0v) is 7.35. The van der Waals surface area contributed by atoms with Crippen molar-refractivity contribution in [3.8, 4) is 0 Å². The molecule has 0 fully saturated rings. The second kappa shape index (κ2) is 5.48.